The molecule has 0 saturated carbocycles. The predicted molar refractivity (Wildman–Crippen MR) is 38.7 cm³/mol. The van der Waals surface area contributed by atoms with Crippen molar-refractivity contribution >= 4 is 11.7 Å². The lowest BCUT2D eigenvalue weighted by Gasteiger charge is -1.92. The Balaban J connectivity index is 4.04. The molecule has 0 heterocycles. The number of ether oxygens (including phenoxy) is 1. The van der Waals surface area contributed by atoms with Gasteiger partial charge in [-0.15, -0.1) is 6.42 Å². The number of carbonyl (C=O) groups excluding carboxylic acids is 1. The number of hydrogen-bond acceptors (Lipinski definition) is 2. The summed E-state index contributed by atoms with van der Waals surface area (Å²) in [5, 5.41) is 0. The summed E-state index contributed by atoms with van der Waals surface area (Å²) in [4.78, 5) is 13.5. The van der Waals surface area contributed by atoms with E-state index < -0.39 is 5.97 Å². The lowest BCUT2D eigenvalue weighted by Crippen LogP contribution is -2.17. The topological polar surface area (TPSA) is 62.7 Å². The molecule has 0 aliphatic carbocycles. The van der Waals surface area contributed by atoms with Crippen LogP contribution in [0.5, 0.6) is 0 Å². The summed E-state index contributed by atoms with van der Waals surface area (Å²) >= 11 is 0. The van der Waals surface area contributed by atoms with Crippen LogP contribution >= 0.6 is 0 Å². The van der Waals surface area contributed by atoms with Crippen molar-refractivity contribution in [3.63, 3.8) is 0 Å². The normalized spacial score (nSPS) is 7.64. The highest BCUT2D eigenvalue weighted by Gasteiger charge is 2.18. The van der Waals surface area contributed by atoms with E-state index in [9.17, 15) is 4.79 Å². The minimum Gasteiger partial charge on any atom is -0.444 e. The van der Waals surface area contributed by atoms with Crippen LogP contribution in [0.4, 0.5) is 0 Å². The van der Waals surface area contributed by atoms with Crippen molar-refractivity contribution < 1.29 is 14.3 Å². The van der Waals surface area contributed by atoms with Crippen molar-refractivity contribution in [3.05, 3.63) is 5.53 Å². The first-order chi connectivity index (χ1) is 5.26. The Labute approximate surface area is 64.8 Å². The Bertz CT molecular complexity index is 233. The summed E-state index contributed by atoms with van der Waals surface area (Å²) in [6.07, 6.45) is 5.15. The molecule has 0 amide bonds. The van der Waals surface area contributed by atoms with Crippen LogP contribution in [0.1, 0.15) is 13.3 Å². The van der Waals surface area contributed by atoms with Gasteiger partial charge >= 0.3 is 11.7 Å². The number of esters is 1. The van der Waals surface area contributed by atoms with Gasteiger partial charge in [-0.3, -0.25) is 0 Å². The van der Waals surface area contributed by atoms with E-state index in [1.54, 1.807) is 6.92 Å². The molecule has 4 nitrogen and oxygen atoms in total. The summed E-state index contributed by atoms with van der Waals surface area (Å²) < 4.78 is 4.47. The second-order valence-corrected chi connectivity index (χ2v) is 1.68. The zero-order valence-electron chi connectivity index (χ0n) is 6.20. The molecule has 0 bridgehead atoms. The van der Waals surface area contributed by atoms with Crippen molar-refractivity contribution in [2.75, 3.05) is 6.61 Å². The molecule has 0 aromatic heterocycles. The molecule has 0 N–H and O–H groups in total. The van der Waals surface area contributed by atoms with E-state index in [0.717, 1.165) is 0 Å². The van der Waals surface area contributed by atoms with E-state index in [2.05, 4.69) is 15.4 Å². The fraction of sp³-hybridized carbons (Fsp3) is 0.429. The standard InChI is InChI=1S/C7H8N2O2/c1-3-5-11-7(10)6(4-2)9-8/h1H,4-5H2,2H3. The lowest BCUT2D eigenvalue weighted by atomic mass is 10.3. The Morgan fingerprint density at radius 3 is 2.82 bits per heavy atom. The molecule has 0 aliphatic heterocycles. The maximum atomic E-state index is 10.8. The van der Waals surface area contributed by atoms with Crippen LogP contribution in [0.3, 0.4) is 0 Å². The van der Waals surface area contributed by atoms with E-state index in [4.69, 9.17) is 12.0 Å². The summed E-state index contributed by atoms with van der Waals surface area (Å²) in [6, 6.07) is 0. The van der Waals surface area contributed by atoms with Crippen LogP contribution in [0, 0.1) is 12.3 Å². The van der Waals surface area contributed by atoms with Crippen LogP contribution in [0.25, 0.3) is 5.53 Å². The number of carbonyl (C=O) groups is 1. The summed E-state index contributed by atoms with van der Waals surface area (Å²) in [5.74, 6) is 1.45. The van der Waals surface area contributed by atoms with Crippen molar-refractivity contribution in [3.8, 4) is 12.3 Å². The first kappa shape index (κ1) is 9.41. The maximum Gasteiger partial charge on any atom is 0.417 e. The van der Waals surface area contributed by atoms with Crippen molar-refractivity contribution in [2.24, 2.45) is 0 Å². The molecular weight excluding hydrogens is 144 g/mol. The molecule has 0 rings (SSSR count). The molecule has 0 aromatic carbocycles. The Hall–Kier alpha value is -1.59. The van der Waals surface area contributed by atoms with Gasteiger partial charge in [-0.25, -0.2) is 4.79 Å². The van der Waals surface area contributed by atoms with E-state index in [1.807, 2.05) is 0 Å². The van der Waals surface area contributed by atoms with E-state index >= 15 is 0 Å². The molecule has 0 atom stereocenters. The highest BCUT2D eigenvalue weighted by atomic mass is 16.5. The zero-order valence-corrected chi connectivity index (χ0v) is 6.20. The minimum absolute atomic E-state index is 0.0275. The van der Waals surface area contributed by atoms with Crippen molar-refractivity contribution in [1.82, 2.24) is 0 Å². The largest absolute Gasteiger partial charge is 0.444 e. The van der Waals surface area contributed by atoms with Gasteiger partial charge in [0, 0.05) is 0 Å². The quantitative estimate of drug-likeness (QED) is 0.191. The fourth-order valence-corrected chi connectivity index (χ4v) is 0.446. The SMILES string of the molecule is C#CCOC(=O)C(CC)=[N+]=[N-]. The number of terminal acetylenes is 1. The molecule has 4 heteroatoms. The number of hydrogen-bond donors (Lipinski definition) is 0. The number of nitrogens with zero attached hydrogens (tertiary/aromatic N) is 2. The minimum atomic E-state index is -0.673. The molecule has 0 saturated heterocycles. The second-order valence-electron chi connectivity index (χ2n) is 1.68. The molecule has 58 valence electrons. The fourth-order valence-electron chi connectivity index (χ4n) is 0.446. The van der Waals surface area contributed by atoms with Gasteiger partial charge in [0.25, 0.3) is 0 Å². The second kappa shape index (κ2) is 5.21. The average molecular weight is 152 g/mol. The van der Waals surface area contributed by atoms with Gasteiger partial charge in [-0.05, 0) is 0 Å². The van der Waals surface area contributed by atoms with E-state index in [-0.39, 0.29) is 12.3 Å². The van der Waals surface area contributed by atoms with Crippen LogP contribution in [-0.4, -0.2) is 23.1 Å². The monoisotopic (exact) mass is 152 g/mol. The zero-order chi connectivity index (χ0) is 8.69. The van der Waals surface area contributed by atoms with Gasteiger partial charge in [0.1, 0.15) is 0 Å². The molecular formula is C7H8N2O2. The third-order valence-corrected chi connectivity index (χ3v) is 0.978. The number of rotatable bonds is 3. The van der Waals surface area contributed by atoms with Crippen LogP contribution < -0.4 is 0 Å². The third kappa shape index (κ3) is 3.19. The molecule has 0 radical (unpaired) electrons. The van der Waals surface area contributed by atoms with E-state index in [0.29, 0.717) is 6.42 Å². The third-order valence-electron chi connectivity index (χ3n) is 0.978. The van der Waals surface area contributed by atoms with Gasteiger partial charge < -0.3 is 10.3 Å². The Kier molecular flexibility index (Phi) is 4.46. The van der Waals surface area contributed by atoms with Crippen molar-refractivity contribution in [2.45, 2.75) is 13.3 Å². The molecule has 0 fully saturated rings. The van der Waals surface area contributed by atoms with Crippen LogP contribution in [-0.2, 0) is 9.53 Å². The molecule has 0 aliphatic rings. The highest BCUT2D eigenvalue weighted by molar-refractivity contribution is 6.33. The van der Waals surface area contributed by atoms with Gasteiger partial charge in [-0.2, -0.15) is 4.79 Å². The first-order valence-electron chi connectivity index (χ1n) is 3.07. The Morgan fingerprint density at radius 2 is 2.45 bits per heavy atom. The average Bonchev–Trinajstić information content (AvgIpc) is 2.03. The Morgan fingerprint density at radius 1 is 1.82 bits per heavy atom. The van der Waals surface area contributed by atoms with Crippen LogP contribution in [0.15, 0.2) is 0 Å². The predicted octanol–water partition coefficient (Wildman–Crippen LogP) is 0.244. The molecule has 11 heavy (non-hydrogen) atoms. The molecule has 0 unspecified atom stereocenters. The van der Waals surface area contributed by atoms with Crippen molar-refractivity contribution in [1.29, 1.82) is 0 Å². The van der Waals surface area contributed by atoms with Crippen LogP contribution in [0.2, 0.25) is 0 Å². The van der Waals surface area contributed by atoms with Gasteiger partial charge in [0.15, 0.2) is 6.61 Å². The lowest BCUT2D eigenvalue weighted by molar-refractivity contribution is -0.139. The molecule has 0 aromatic rings. The first-order valence-corrected chi connectivity index (χ1v) is 3.07. The summed E-state index contributed by atoms with van der Waals surface area (Å²) in [6.45, 7) is 1.57. The maximum absolute atomic E-state index is 10.8. The van der Waals surface area contributed by atoms with Gasteiger partial charge in [0.05, 0.1) is 6.42 Å². The summed E-state index contributed by atoms with van der Waals surface area (Å²) in [7, 11) is 0. The van der Waals surface area contributed by atoms with E-state index in [1.165, 1.54) is 0 Å². The highest BCUT2D eigenvalue weighted by Crippen LogP contribution is 1.85. The van der Waals surface area contributed by atoms with Gasteiger partial charge in [0.2, 0.25) is 0 Å². The van der Waals surface area contributed by atoms with Gasteiger partial charge in [-0.1, -0.05) is 12.8 Å². The molecule has 0 spiro atoms. The summed E-state index contributed by atoms with van der Waals surface area (Å²) in [5.41, 5.74) is 8.20. The smallest absolute Gasteiger partial charge is 0.417 e.